The van der Waals surface area contributed by atoms with E-state index in [4.69, 9.17) is 42.6 Å². The van der Waals surface area contributed by atoms with Crippen molar-refractivity contribution in [2.75, 3.05) is 0 Å². The molecule has 3 aliphatic rings. The third-order valence-corrected chi connectivity index (χ3v) is 13.6. The third kappa shape index (κ3) is 8.51. The van der Waals surface area contributed by atoms with Crippen molar-refractivity contribution >= 4 is 17.9 Å². The van der Waals surface area contributed by atoms with E-state index in [1.54, 1.807) is 30.3 Å². The van der Waals surface area contributed by atoms with E-state index >= 15 is 4.79 Å². The Morgan fingerprint density at radius 1 is 0.304 bits per heavy atom. The van der Waals surface area contributed by atoms with Crippen molar-refractivity contribution in [3.05, 3.63) is 299 Å². The minimum Gasteiger partial charge on any atom is -0.504 e. The molecule has 13 nitrogen and oxygen atoms in total. The van der Waals surface area contributed by atoms with Gasteiger partial charge in [0.1, 0.15) is 5.75 Å². The summed E-state index contributed by atoms with van der Waals surface area (Å²) < 4.78 is 58.6. The fourth-order valence-corrected chi connectivity index (χ4v) is 9.86. The van der Waals surface area contributed by atoms with Crippen LogP contribution in [0.4, 0.5) is 0 Å². The fraction of sp³-hybridized carbons (Fsp3) is 0.0455. The zero-order valence-electron chi connectivity index (χ0n) is 41.5. The Balaban J connectivity index is 0.900. The molecule has 3 aliphatic heterocycles. The van der Waals surface area contributed by atoms with Crippen LogP contribution in [0.1, 0.15) is 64.5 Å². The van der Waals surface area contributed by atoms with Crippen molar-refractivity contribution in [1.82, 2.24) is 0 Å². The van der Waals surface area contributed by atoms with E-state index in [0.29, 0.717) is 33.4 Å². The van der Waals surface area contributed by atoms with Gasteiger partial charge in [0.2, 0.25) is 17.2 Å². The predicted octanol–water partition coefficient (Wildman–Crippen LogP) is 13.1. The van der Waals surface area contributed by atoms with Gasteiger partial charge < -0.3 is 47.7 Å². The Kier molecular flexibility index (Phi) is 11.8. The maximum absolute atomic E-state index is 15.0. The molecule has 0 aromatic heterocycles. The standard InChI is InChI=1S/C66H42O13/c67-52-36-42(39-55-58(52)77-64(74-55,45-22-8-1-9-23-45)46-24-10-2-11-25-46)62(69)72-54-38-44(41-57-60(54)79-66(76-57,49-30-16-5-17-31-49)50-32-18-6-19-33-50)63(70)73-53-37-43(61(68)71-51-34-20-7-21-35-51)40-56-59(53)78-65(75-56,47-26-12-3-13-27-47)48-28-14-4-15-29-48/h1-41,67H. The summed E-state index contributed by atoms with van der Waals surface area (Å²) in [7, 11) is 0. The van der Waals surface area contributed by atoms with Gasteiger partial charge in [0.25, 0.3) is 0 Å². The number of phenolic OH excluding ortho intramolecular Hbond substituents is 1. The van der Waals surface area contributed by atoms with E-state index in [0.717, 1.165) is 0 Å². The molecule has 0 atom stereocenters. The molecular weight excluding hydrogens is 1000 g/mol. The van der Waals surface area contributed by atoms with Crippen molar-refractivity contribution in [3.8, 4) is 57.5 Å². The first-order chi connectivity index (χ1) is 38.7. The van der Waals surface area contributed by atoms with Gasteiger partial charge in [0.05, 0.1) is 16.7 Å². The molecule has 0 amide bonds. The highest BCUT2D eigenvalue weighted by atomic mass is 16.8. The number of hydrogen-bond donors (Lipinski definition) is 1. The topological polar surface area (TPSA) is 155 Å². The highest BCUT2D eigenvalue weighted by molar-refractivity contribution is 5.97. The first-order valence-corrected chi connectivity index (χ1v) is 25.1. The molecule has 0 saturated heterocycles. The normalized spacial score (nSPS) is 14.4. The summed E-state index contributed by atoms with van der Waals surface area (Å²) in [5.74, 6) is -7.96. The number of phenols is 1. The second-order valence-electron chi connectivity index (χ2n) is 18.6. The molecule has 10 aromatic carbocycles. The molecule has 0 fully saturated rings. The van der Waals surface area contributed by atoms with E-state index in [-0.39, 0.29) is 68.4 Å². The maximum Gasteiger partial charge on any atom is 0.343 e. The van der Waals surface area contributed by atoms with Crippen molar-refractivity contribution in [1.29, 1.82) is 0 Å². The number of carbonyl (C=O) groups is 3. The van der Waals surface area contributed by atoms with E-state index < -0.39 is 41.0 Å². The Hall–Kier alpha value is -10.8. The van der Waals surface area contributed by atoms with Crippen molar-refractivity contribution in [2.24, 2.45) is 0 Å². The van der Waals surface area contributed by atoms with Gasteiger partial charge in [-0.15, -0.1) is 0 Å². The summed E-state index contributed by atoms with van der Waals surface area (Å²) in [6.07, 6.45) is 0. The van der Waals surface area contributed by atoms with E-state index in [2.05, 4.69) is 0 Å². The predicted molar refractivity (Wildman–Crippen MR) is 287 cm³/mol. The number of para-hydroxylation sites is 1. The van der Waals surface area contributed by atoms with Gasteiger partial charge in [-0.25, -0.2) is 14.4 Å². The molecule has 1 N–H and O–H groups in total. The Morgan fingerprint density at radius 3 is 0.899 bits per heavy atom. The minimum atomic E-state index is -1.65. The van der Waals surface area contributed by atoms with Gasteiger partial charge in [0, 0.05) is 33.4 Å². The average molecular weight is 1040 g/mol. The van der Waals surface area contributed by atoms with Gasteiger partial charge >= 0.3 is 35.3 Å². The van der Waals surface area contributed by atoms with Crippen LogP contribution in [-0.2, 0) is 17.4 Å². The highest BCUT2D eigenvalue weighted by Gasteiger charge is 2.50. The number of fused-ring (bicyclic) bond motifs is 3. The first kappa shape index (κ1) is 47.9. The lowest BCUT2D eigenvalue weighted by Crippen LogP contribution is -2.36. The average Bonchev–Trinajstić information content (AvgIpc) is 4.45. The van der Waals surface area contributed by atoms with Crippen LogP contribution in [0.5, 0.6) is 57.5 Å². The Labute approximate surface area is 451 Å². The van der Waals surface area contributed by atoms with Crippen molar-refractivity contribution in [3.63, 3.8) is 0 Å². The van der Waals surface area contributed by atoms with Crippen molar-refractivity contribution < 1.29 is 62.1 Å². The molecule has 0 radical (unpaired) electrons. The number of aromatic hydroxyl groups is 1. The second-order valence-corrected chi connectivity index (χ2v) is 18.6. The number of esters is 3. The van der Waals surface area contributed by atoms with Crippen LogP contribution in [0.3, 0.4) is 0 Å². The smallest absolute Gasteiger partial charge is 0.343 e. The summed E-state index contributed by atoms with van der Waals surface area (Å²) in [5.41, 5.74) is 3.29. The highest BCUT2D eigenvalue weighted by Crippen LogP contribution is 2.56. The summed E-state index contributed by atoms with van der Waals surface area (Å²) in [6, 6.07) is 71.8. The quantitative estimate of drug-likeness (QED) is 0.0912. The molecule has 0 spiro atoms. The van der Waals surface area contributed by atoms with Crippen LogP contribution >= 0.6 is 0 Å². The molecule has 79 heavy (non-hydrogen) atoms. The van der Waals surface area contributed by atoms with Gasteiger partial charge in [-0.05, 0) is 48.5 Å². The van der Waals surface area contributed by atoms with Crippen LogP contribution < -0.4 is 42.6 Å². The third-order valence-electron chi connectivity index (χ3n) is 13.6. The largest absolute Gasteiger partial charge is 0.504 e. The Bertz CT molecular complexity index is 3820. The van der Waals surface area contributed by atoms with Crippen LogP contribution in [0.25, 0.3) is 0 Å². The molecule has 13 rings (SSSR count). The van der Waals surface area contributed by atoms with E-state index in [9.17, 15) is 14.7 Å². The number of ether oxygens (including phenoxy) is 9. The van der Waals surface area contributed by atoms with Gasteiger partial charge in [0.15, 0.2) is 34.5 Å². The molecule has 13 heteroatoms. The monoisotopic (exact) mass is 1040 g/mol. The maximum atomic E-state index is 15.0. The number of benzene rings is 10. The van der Waals surface area contributed by atoms with Gasteiger partial charge in [-0.3, -0.25) is 0 Å². The number of hydrogen-bond acceptors (Lipinski definition) is 13. The lowest BCUT2D eigenvalue weighted by molar-refractivity contribution is -0.0469. The molecule has 0 saturated carbocycles. The molecule has 3 heterocycles. The molecule has 0 bridgehead atoms. The van der Waals surface area contributed by atoms with Crippen LogP contribution in [0, 0.1) is 0 Å². The zero-order chi connectivity index (χ0) is 53.6. The SMILES string of the molecule is O=C(Oc1ccccc1)c1cc(OC(=O)c2cc(OC(=O)c3cc(O)c4c(c3)OC(c3ccccc3)(c3ccccc3)O4)c3c(c2)OC(c2ccccc2)(c2ccccc2)O3)c2c(c1)OC(c1ccccc1)(c1ccccc1)O2. The lowest BCUT2D eigenvalue weighted by atomic mass is 9.97. The summed E-state index contributed by atoms with van der Waals surface area (Å²) in [4.78, 5) is 43.7. The summed E-state index contributed by atoms with van der Waals surface area (Å²) in [5, 5.41) is 11.6. The number of rotatable bonds is 12. The van der Waals surface area contributed by atoms with E-state index in [1.807, 2.05) is 182 Å². The summed E-state index contributed by atoms with van der Waals surface area (Å²) >= 11 is 0. The molecular formula is C66H42O13. The molecule has 0 unspecified atom stereocenters. The van der Waals surface area contributed by atoms with Crippen LogP contribution in [-0.4, -0.2) is 23.0 Å². The Morgan fingerprint density at radius 2 is 0.570 bits per heavy atom. The second kappa shape index (κ2) is 19.4. The number of carbonyl (C=O) groups excluding carboxylic acids is 3. The lowest BCUT2D eigenvalue weighted by Gasteiger charge is -2.28. The fourth-order valence-electron chi connectivity index (χ4n) is 9.86. The van der Waals surface area contributed by atoms with Crippen LogP contribution in [0.2, 0.25) is 0 Å². The van der Waals surface area contributed by atoms with Gasteiger partial charge in [-0.1, -0.05) is 200 Å². The van der Waals surface area contributed by atoms with Crippen molar-refractivity contribution in [2.45, 2.75) is 17.4 Å². The zero-order valence-corrected chi connectivity index (χ0v) is 41.5. The first-order valence-electron chi connectivity index (χ1n) is 25.1. The van der Waals surface area contributed by atoms with Gasteiger partial charge in [-0.2, -0.15) is 0 Å². The van der Waals surface area contributed by atoms with Crippen LogP contribution in [0.15, 0.2) is 249 Å². The minimum absolute atomic E-state index is 0.00282. The molecule has 384 valence electrons. The van der Waals surface area contributed by atoms with E-state index in [1.165, 1.54) is 36.4 Å². The molecule has 0 aliphatic carbocycles. The molecule has 10 aromatic rings. The summed E-state index contributed by atoms with van der Waals surface area (Å²) in [6.45, 7) is 0.